The monoisotopic (exact) mass is 368 g/mol. The van der Waals surface area contributed by atoms with Gasteiger partial charge >= 0.3 is 5.97 Å². The average Bonchev–Trinajstić information content (AvgIpc) is 3.21. The van der Waals surface area contributed by atoms with Crippen LogP contribution in [0.25, 0.3) is 5.82 Å². The van der Waals surface area contributed by atoms with Crippen LogP contribution in [0, 0.1) is 20.8 Å². The number of aromatic nitrogens is 2. The Morgan fingerprint density at radius 3 is 2.44 bits per heavy atom. The van der Waals surface area contributed by atoms with Gasteiger partial charge in [-0.2, -0.15) is 0 Å². The number of carbonyl (C=O) groups is 2. The fourth-order valence-corrected chi connectivity index (χ4v) is 2.89. The van der Waals surface area contributed by atoms with Crippen molar-refractivity contribution in [2.24, 2.45) is 0 Å². The van der Waals surface area contributed by atoms with Gasteiger partial charge in [0.05, 0.1) is 12.2 Å². The predicted molar refractivity (Wildman–Crippen MR) is 97.0 cm³/mol. The first-order valence-electron chi connectivity index (χ1n) is 8.43. The minimum absolute atomic E-state index is 0.103. The molecule has 7 nitrogen and oxygen atoms in total. The Morgan fingerprint density at radius 2 is 1.85 bits per heavy atom. The molecule has 2 aromatic heterocycles. The molecule has 1 N–H and O–H groups in total. The summed E-state index contributed by atoms with van der Waals surface area (Å²) in [6.45, 7) is 5.00. The molecule has 27 heavy (non-hydrogen) atoms. The second-order valence-corrected chi connectivity index (χ2v) is 6.27. The van der Waals surface area contributed by atoms with Crippen molar-refractivity contribution in [1.82, 2.24) is 9.72 Å². The molecule has 0 aliphatic rings. The Morgan fingerprint density at radius 1 is 1.15 bits per heavy atom. The first-order chi connectivity index (χ1) is 12.9. The smallest absolute Gasteiger partial charge is 0.338 e. The van der Waals surface area contributed by atoms with Gasteiger partial charge in [0.1, 0.15) is 5.76 Å². The van der Waals surface area contributed by atoms with Crippen LogP contribution in [0.3, 0.4) is 0 Å². The molecule has 0 aliphatic carbocycles. The lowest BCUT2D eigenvalue weighted by Crippen LogP contribution is -2.15. The van der Waals surface area contributed by atoms with E-state index in [9.17, 15) is 9.59 Å². The Hall–Kier alpha value is -3.19. The van der Waals surface area contributed by atoms with Crippen LogP contribution in [0.5, 0.6) is 0 Å². The summed E-state index contributed by atoms with van der Waals surface area (Å²) < 4.78 is 12.1. The molecule has 0 saturated carbocycles. The first kappa shape index (κ1) is 18.6. The van der Waals surface area contributed by atoms with Crippen LogP contribution in [0.2, 0.25) is 0 Å². The molecule has 0 aliphatic heterocycles. The summed E-state index contributed by atoms with van der Waals surface area (Å²) in [5, 5.41) is 13.0. The molecule has 0 amide bonds. The molecule has 0 spiro atoms. The highest BCUT2D eigenvalue weighted by Gasteiger charge is 2.20. The van der Waals surface area contributed by atoms with Gasteiger partial charge in [-0.25, -0.2) is 4.79 Å². The number of aliphatic hydroxyl groups excluding tert-OH is 1. The van der Waals surface area contributed by atoms with Gasteiger partial charge in [-0.05, 0) is 44.5 Å². The quantitative estimate of drug-likeness (QED) is 0.531. The summed E-state index contributed by atoms with van der Waals surface area (Å²) >= 11 is 0. The number of nitrogens with zero attached hydrogens (tertiary/aromatic N) is 2. The minimum atomic E-state index is -0.589. The van der Waals surface area contributed by atoms with Gasteiger partial charge in [0.25, 0.3) is 0 Å². The van der Waals surface area contributed by atoms with Gasteiger partial charge in [0, 0.05) is 23.0 Å². The fourth-order valence-electron chi connectivity index (χ4n) is 2.89. The third-order valence-electron chi connectivity index (χ3n) is 4.28. The third-order valence-corrected chi connectivity index (χ3v) is 4.28. The average molecular weight is 368 g/mol. The van der Waals surface area contributed by atoms with E-state index in [0.717, 1.165) is 5.69 Å². The van der Waals surface area contributed by atoms with Crippen LogP contribution in [0.15, 0.2) is 40.9 Å². The molecule has 0 atom stereocenters. The molecule has 140 valence electrons. The van der Waals surface area contributed by atoms with Crippen LogP contribution in [-0.4, -0.2) is 33.2 Å². The van der Waals surface area contributed by atoms with Crippen LogP contribution in [0.4, 0.5) is 0 Å². The molecule has 0 bridgehead atoms. The Bertz CT molecular complexity index is 982. The zero-order valence-electron chi connectivity index (χ0n) is 15.4. The standard InChI is InChI=1S/C20H20N2O5/c1-12-8-17(14(3)22(12)19-9-13(2)27-21-19)18(24)11-26-20(25)16-6-4-15(10-23)5-7-16/h4-9,23H,10-11H2,1-3H3. The van der Waals surface area contributed by atoms with Crippen LogP contribution >= 0.6 is 0 Å². The van der Waals surface area contributed by atoms with Crippen molar-refractivity contribution >= 4 is 11.8 Å². The lowest BCUT2D eigenvalue weighted by atomic mass is 10.1. The van der Waals surface area contributed by atoms with E-state index >= 15 is 0 Å². The van der Waals surface area contributed by atoms with E-state index in [4.69, 9.17) is 14.4 Å². The normalized spacial score (nSPS) is 10.8. The maximum atomic E-state index is 12.5. The van der Waals surface area contributed by atoms with Crippen molar-refractivity contribution in [2.75, 3.05) is 6.61 Å². The number of rotatable bonds is 6. The fraction of sp³-hybridized carbons (Fsp3) is 0.250. The number of esters is 1. The minimum Gasteiger partial charge on any atom is -0.454 e. The number of ether oxygens (including phenoxy) is 1. The summed E-state index contributed by atoms with van der Waals surface area (Å²) in [5.74, 6) is 0.387. The molecule has 2 heterocycles. The van der Waals surface area contributed by atoms with E-state index in [-0.39, 0.29) is 19.0 Å². The van der Waals surface area contributed by atoms with E-state index < -0.39 is 5.97 Å². The maximum Gasteiger partial charge on any atom is 0.338 e. The van der Waals surface area contributed by atoms with Gasteiger partial charge in [-0.15, -0.1) is 0 Å². The Balaban J connectivity index is 1.72. The lowest BCUT2D eigenvalue weighted by Gasteiger charge is -2.06. The summed E-state index contributed by atoms with van der Waals surface area (Å²) in [6, 6.07) is 9.89. The molecule has 3 aromatic rings. The molecule has 0 fully saturated rings. The second-order valence-electron chi connectivity index (χ2n) is 6.27. The van der Waals surface area contributed by atoms with Crippen molar-refractivity contribution in [2.45, 2.75) is 27.4 Å². The number of Topliss-reactive ketones (excluding diaryl/α,β-unsaturated/α-hetero) is 1. The van der Waals surface area contributed by atoms with E-state index in [1.807, 2.05) is 11.5 Å². The zero-order chi connectivity index (χ0) is 19.6. The van der Waals surface area contributed by atoms with Gasteiger partial charge in [-0.3, -0.25) is 9.36 Å². The third kappa shape index (κ3) is 3.83. The van der Waals surface area contributed by atoms with Gasteiger partial charge in [0.15, 0.2) is 12.4 Å². The molecular formula is C20H20N2O5. The van der Waals surface area contributed by atoms with Crippen molar-refractivity contribution in [3.63, 3.8) is 0 Å². The number of aryl methyl sites for hydroxylation is 2. The Labute approximate surface area is 156 Å². The summed E-state index contributed by atoms with van der Waals surface area (Å²) in [5.41, 5.74) is 3.02. The number of benzene rings is 1. The maximum absolute atomic E-state index is 12.5. The van der Waals surface area contributed by atoms with E-state index in [1.54, 1.807) is 50.2 Å². The molecular weight excluding hydrogens is 348 g/mol. The van der Waals surface area contributed by atoms with E-state index in [2.05, 4.69) is 5.16 Å². The molecule has 0 unspecified atom stereocenters. The van der Waals surface area contributed by atoms with Gasteiger partial charge in [0.2, 0.25) is 5.78 Å². The first-order valence-corrected chi connectivity index (χ1v) is 8.43. The van der Waals surface area contributed by atoms with Crippen LogP contribution < -0.4 is 0 Å². The van der Waals surface area contributed by atoms with Gasteiger partial charge < -0.3 is 14.4 Å². The number of ketones is 1. The lowest BCUT2D eigenvalue weighted by molar-refractivity contribution is 0.0474. The summed E-state index contributed by atoms with van der Waals surface area (Å²) in [6.07, 6.45) is 0. The molecule has 3 rings (SSSR count). The molecule has 1 aromatic carbocycles. The van der Waals surface area contributed by atoms with Crippen LogP contribution in [-0.2, 0) is 11.3 Å². The summed E-state index contributed by atoms with van der Waals surface area (Å²) in [4.78, 5) is 24.6. The molecule has 7 heteroatoms. The number of aliphatic hydroxyl groups is 1. The van der Waals surface area contributed by atoms with Crippen molar-refractivity contribution in [3.8, 4) is 5.82 Å². The number of hydrogen-bond donors (Lipinski definition) is 1. The van der Waals surface area contributed by atoms with Crippen molar-refractivity contribution in [1.29, 1.82) is 0 Å². The van der Waals surface area contributed by atoms with Gasteiger partial charge in [-0.1, -0.05) is 17.3 Å². The summed E-state index contributed by atoms with van der Waals surface area (Å²) in [7, 11) is 0. The highest BCUT2D eigenvalue weighted by Crippen LogP contribution is 2.21. The highest BCUT2D eigenvalue weighted by molar-refractivity contribution is 6.00. The largest absolute Gasteiger partial charge is 0.454 e. The Kier molecular flexibility index (Phi) is 5.23. The highest BCUT2D eigenvalue weighted by atomic mass is 16.5. The predicted octanol–water partition coefficient (Wildman–Crippen LogP) is 2.92. The van der Waals surface area contributed by atoms with E-state index in [1.165, 1.54) is 0 Å². The van der Waals surface area contributed by atoms with E-state index in [0.29, 0.717) is 34.0 Å². The number of carbonyl (C=O) groups excluding carboxylic acids is 2. The second kappa shape index (κ2) is 7.59. The SMILES string of the molecule is Cc1cc(-n2c(C)cc(C(=O)COC(=O)c3ccc(CO)cc3)c2C)no1. The molecule has 0 radical (unpaired) electrons. The van der Waals surface area contributed by atoms with Crippen LogP contribution in [0.1, 0.15) is 43.4 Å². The molecule has 0 saturated heterocycles. The zero-order valence-corrected chi connectivity index (χ0v) is 15.4. The van der Waals surface area contributed by atoms with Crippen molar-refractivity contribution in [3.05, 3.63) is 70.2 Å². The topological polar surface area (TPSA) is 94.6 Å². The van der Waals surface area contributed by atoms with Crippen molar-refractivity contribution < 1.29 is 24.0 Å². The number of hydrogen-bond acceptors (Lipinski definition) is 6.